The quantitative estimate of drug-likeness (QED) is 0.424. The maximum atomic E-state index is 12.5. The number of carbonyl (C=O) groups is 2. The van der Waals surface area contributed by atoms with E-state index in [9.17, 15) is 14.7 Å². The van der Waals surface area contributed by atoms with Gasteiger partial charge in [-0.1, -0.05) is 42.3 Å². The molecule has 2 aromatic rings. The highest BCUT2D eigenvalue weighted by Gasteiger charge is 2.23. The largest absolute Gasteiger partial charge is 0.480 e. The van der Waals surface area contributed by atoms with Crippen molar-refractivity contribution in [1.29, 1.82) is 0 Å². The van der Waals surface area contributed by atoms with Gasteiger partial charge in [0.1, 0.15) is 6.04 Å². The number of hydrogen-bond donors (Lipinski definition) is 2. The molecule has 3 rings (SSSR count). The molecule has 0 saturated carbocycles. The summed E-state index contributed by atoms with van der Waals surface area (Å²) in [5.41, 5.74) is 3.83. The third-order valence-corrected chi connectivity index (χ3v) is 6.51. The molecule has 178 valence electrons. The highest BCUT2D eigenvalue weighted by molar-refractivity contribution is 6.39. The zero-order valence-corrected chi connectivity index (χ0v) is 20.3. The fraction of sp³-hybridized carbons (Fsp3) is 0.480. The number of fused-ring (bicyclic) bond motifs is 1. The van der Waals surface area contributed by atoms with E-state index in [0.29, 0.717) is 12.5 Å². The molecule has 0 bridgehead atoms. The predicted molar refractivity (Wildman–Crippen MR) is 129 cm³/mol. The SMILES string of the molecule is C[C@H](CCc1ccc2c(n1)CCCC2)COCC[C@H](NC(=O)c1c(Cl)cccc1Cl)C(=O)O. The fourth-order valence-electron chi connectivity index (χ4n) is 3.93. The second-order valence-electron chi connectivity index (χ2n) is 8.58. The summed E-state index contributed by atoms with van der Waals surface area (Å²) in [6.07, 6.45) is 6.66. The van der Waals surface area contributed by atoms with Gasteiger partial charge in [0.25, 0.3) is 5.91 Å². The first-order valence-electron chi connectivity index (χ1n) is 11.4. The number of ether oxygens (including phenoxy) is 1. The van der Waals surface area contributed by atoms with Crippen molar-refractivity contribution in [2.24, 2.45) is 5.92 Å². The third-order valence-electron chi connectivity index (χ3n) is 5.88. The number of carbonyl (C=O) groups excluding carboxylic acids is 1. The number of nitrogens with zero attached hydrogens (tertiary/aromatic N) is 1. The number of benzene rings is 1. The summed E-state index contributed by atoms with van der Waals surface area (Å²) in [4.78, 5) is 28.9. The lowest BCUT2D eigenvalue weighted by molar-refractivity contribution is -0.139. The normalized spacial score (nSPS) is 14.9. The van der Waals surface area contributed by atoms with Gasteiger partial charge in [-0.25, -0.2) is 4.79 Å². The molecule has 1 amide bonds. The van der Waals surface area contributed by atoms with Gasteiger partial charge < -0.3 is 15.2 Å². The number of rotatable bonds is 11. The number of aryl methyl sites for hydroxylation is 3. The number of aromatic nitrogens is 1. The molecule has 1 aliphatic carbocycles. The van der Waals surface area contributed by atoms with Gasteiger partial charge in [0.05, 0.1) is 15.6 Å². The molecule has 0 saturated heterocycles. The Hall–Kier alpha value is -2.15. The van der Waals surface area contributed by atoms with Crippen LogP contribution in [-0.4, -0.2) is 41.2 Å². The lowest BCUT2D eigenvalue weighted by Crippen LogP contribution is -2.41. The van der Waals surface area contributed by atoms with Crippen LogP contribution in [0.15, 0.2) is 30.3 Å². The van der Waals surface area contributed by atoms with Crippen molar-refractivity contribution >= 4 is 35.1 Å². The van der Waals surface area contributed by atoms with Crippen molar-refractivity contribution in [1.82, 2.24) is 10.3 Å². The molecule has 2 atom stereocenters. The molecule has 33 heavy (non-hydrogen) atoms. The van der Waals surface area contributed by atoms with Crippen LogP contribution >= 0.6 is 23.2 Å². The summed E-state index contributed by atoms with van der Waals surface area (Å²) in [6, 6.07) is 7.93. The predicted octanol–water partition coefficient (Wildman–Crippen LogP) is 5.13. The number of pyridine rings is 1. The van der Waals surface area contributed by atoms with Gasteiger partial charge in [0, 0.05) is 31.0 Å². The first-order valence-corrected chi connectivity index (χ1v) is 12.1. The number of carboxylic acids is 1. The van der Waals surface area contributed by atoms with Crippen molar-refractivity contribution in [2.75, 3.05) is 13.2 Å². The third kappa shape index (κ3) is 7.42. The highest BCUT2D eigenvalue weighted by Crippen LogP contribution is 2.24. The maximum Gasteiger partial charge on any atom is 0.326 e. The van der Waals surface area contributed by atoms with Crippen LogP contribution in [0, 0.1) is 5.92 Å². The van der Waals surface area contributed by atoms with Crippen LogP contribution in [0.1, 0.15) is 59.9 Å². The summed E-state index contributed by atoms with van der Waals surface area (Å²) >= 11 is 12.1. The summed E-state index contributed by atoms with van der Waals surface area (Å²) in [6.45, 7) is 2.84. The number of halogens is 2. The van der Waals surface area contributed by atoms with E-state index in [1.807, 2.05) is 0 Å². The molecule has 0 spiro atoms. The summed E-state index contributed by atoms with van der Waals surface area (Å²) in [7, 11) is 0. The Morgan fingerprint density at radius 1 is 1.12 bits per heavy atom. The fourth-order valence-corrected chi connectivity index (χ4v) is 4.50. The molecule has 0 aliphatic heterocycles. The van der Waals surface area contributed by atoms with Gasteiger partial charge in [-0.15, -0.1) is 0 Å². The molecule has 8 heteroatoms. The number of amides is 1. The van der Waals surface area contributed by atoms with Gasteiger partial charge in [0.2, 0.25) is 0 Å². The summed E-state index contributed by atoms with van der Waals surface area (Å²) in [5, 5.41) is 12.3. The number of aliphatic carboxylic acids is 1. The van der Waals surface area contributed by atoms with Crippen LogP contribution in [0.5, 0.6) is 0 Å². The van der Waals surface area contributed by atoms with E-state index in [1.165, 1.54) is 36.2 Å². The van der Waals surface area contributed by atoms with E-state index in [2.05, 4.69) is 24.4 Å². The molecule has 1 aromatic heterocycles. The number of hydrogen-bond acceptors (Lipinski definition) is 4. The van der Waals surface area contributed by atoms with Crippen molar-refractivity contribution < 1.29 is 19.4 Å². The van der Waals surface area contributed by atoms with Gasteiger partial charge in [-0.3, -0.25) is 9.78 Å². The van der Waals surface area contributed by atoms with Crippen molar-refractivity contribution in [3.05, 3.63) is 62.9 Å². The minimum Gasteiger partial charge on any atom is -0.480 e. The lowest BCUT2D eigenvalue weighted by Gasteiger charge is -2.17. The Morgan fingerprint density at radius 2 is 1.85 bits per heavy atom. The lowest BCUT2D eigenvalue weighted by atomic mass is 9.95. The Balaban J connectivity index is 1.40. The molecule has 1 heterocycles. The average molecular weight is 493 g/mol. The molecule has 6 nitrogen and oxygen atoms in total. The topological polar surface area (TPSA) is 88.5 Å². The van der Waals surface area contributed by atoms with E-state index in [-0.39, 0.29) is 28.6 Å². The smallest absolute Gasteiger partial charge is 0.326 e. The van der Waals surface area contributed by atoms with Crippen molar-refractivity contribution in [3.63, 3.8) is 0 Å². The first-order chi connectivity index (χ1) is 15.8. The standard InChI is InChI=1S/C25H30Cl2N2O4/c1-16(9-11-18-12-10-17-5-2-3-8-21(17)28-18)15-33-14-13-22(25(31)32)29-24(30)23-19(26)6-4-7-20(23)27/h4,6-7,10,12,16,22H,2-3,5,8-9,11,13-15H2,1H3,(H,29,30)(H,31,32)/t16-,22+/m1/s1. The van der Waals surface area contributed by atoms with Crippen LogP contribution in [-0.2, 0) is 28.8 Å². The molecule has 2 N–H and O–H groups in total. The molecule has 1 aliphatic rings. The molecule has 1 aromatic carbocycles. The highest BCUT2D eigenvalue weighted by atomic mass is 35.5. The molecule has 0 radical (unpaired) electrons. The number of nitrogens with one attached hydrogen (secondary N) is 1. The van der Waals surface area contributed by atoms with Crippen LogP contribution < -0.4 is 5.32 Å². The second kappa shape index (κ2) is 12.4. The molecular weight excluding hydrogens is 463 g/mol. The van der Waals surface area contributed by atoms with Crippen LogP contribution in [0.3, 0.4) is 0 Å². The first kappa shape index (κ1) is 25.5. The Labute approximate surface area is 204 Å². The zero-order chi connectivity index (χ0) is 23.8. The molecular formula is C25H30Cl2N2O4. The Kier molecular flexibility index (Phi) is 9.53. The Bertz CT molecular complexity index is 963. The van der Waals surface area contributed by atoms with E-state index in [4.69, 9.17) is 32.9 Å². The average Bonchev–Trinajstić information content (AvgIpc) is 2.79. The van der Waals surface area contributed by atoms with E-state index in [1.54, 1.807) is 6.07 Å². The van der Waals surface area contributed by atoms with E-state index < -0.39 is 17.9 Å². The van der Waals surface area contributed by atoms with E-state index >= 15 is 0 Å². The minimum absolute atomic E-state index is 0.0670. The van der Waals surface area contributed by atoms with Gasteiger partial charge >= 0.3 is 5.97 Å². The van der Waals surface area contributed by atoms with Gasteiger partial charge in [-0.2, -0.15) is 0 Å². The monoisotopic (exact) mass is 492 g/mol. The maximum absolute atomic E-state index is 12.5. The summed E-state index contributed by atoms with van der Waals surface area (Å²) < 4.78 is 5.70. The minimum atomic E-state index is -1.14. The van der Waals surface area contributed by atoms with Crippen LogP contribution in [0.2, 0.25) is 10.0 Å². The van der Waals surface area contributed by atoms with Crippen LogP contribution in [0.25, 0.3) is 0 Å². The van der Waals surface area contributed by atoms with Gasteiger partial charge in [-0.05, 0) is 68.2 Å². The zero-order valence-electron chi connectivity index (χ0n) is 18.8. The van der Waals surface area contributed by atoms with Crippen molar-refractivity contribution in [3.8, 4) is 0 Å². The van der Waals surface area contributed by atoms with Crippen LogP contribution in [0.4, 0.5) is 0 Å². The van der Waals surface area contributed by atoms with Gasteiger partial charge in [0.15, 0.2) is 0 Å². The summed E-state index contributed by atoms with van der Waals surface area (Å²) in [5.74, 6) is -1.45. The molecule has 0 unspecified atom stereocenters. The number of carboxylic acid groups (broad SMARTS) is 1. The van der Waals surface area contributed by atoms with Crippen molar-refractivity contribution in [2.45, 2.75) is 57.9 Å². The molecule has 0 fully saturated rings. The second-order valence-corrected chi connectivity index (χ2v) is 9.40. The van der Waals surface area contributed by atoms with E-state index in [0.717, 1.165) is 31.4 Å². The Morgan fingerprint density at radius 3 is 2.58 bits per heavy atom.